The van der Waals surface area contributed by atoms with E-state index in [1.165, 1.54) is 11.6 Å². The van der Waals surface area contributed by atoms with Gasteiger partial charge in [-0.1, -0.05) is 61.0 Å². The van der Waals surface area contributed by atoms with Gasteiger partial charge in [-0.2, -0.15) is 0 Å². The Morgan fingerprint density at radius 2 is 1.46 bits per heavy atom. The number of carbonyl (C=O) groups excluding carboxylic acids is 2. The van der Waals surface area contributed by atoms with Crippen LogP contribution in [0.1, 0.15) is 45.5 Å². The minimum absolute atomic E-state index is 0.0884. The molecule has 0 saturated carbocycles. The van der Waals surface area contributed by atoms with E-state index < -0.39 is 0 Å². The number of benzene rings is 2. The standard InChI is InChI=1S/C21H21NO2/c23-20-15-19(21(24)18-13-7-6-12-17(18)20)22-14-8-2-5-11-16-9-3-1-4-10-16/h1,3-4,6-7,9-10,12-13,15,22H,2,5,8,11,14H2. The molecule has 0 bridgehead atoms. The van der Waals surface area contributed by atoms with Gasteiger partial charge in [0, 0.05) is 23.7 Å². The summed E-state index contributed by atoms with van der Waals surface area (Å²) >= 11 is 0. The van der Waals surface area contributed by atoms with E-state index in [4.69, 9.17) is 0 Å². The SMILES string of the molecule is O=C1C=C(NCCCCCc2ccccc2)C(=O)c2ccccc21. The number of rotatable bonds is 7. The number of allylic oxidation sites excluding steroid dienone is 2. The first-order valence-electron chi connectivity index (χ1n) is 8.43. The minimum atomic E-state index is -0.100. The summed E-state index contributed by atoms with van der Waals surface area (Å²) in [7, 11) is 0. The predicted octanol–water partition coefficient (Wildman–Crippen LogP) is 3.95. The average molecular weight is 319 g/mol. The Hall–Kier alpha value is -2.68. The maximum Gasteiger partial charge on any atom is 0.209 e. The monoisotopic (exact) mass is 319 g/mol. The molecule has 0 saturated heterocycles. The zero-order valence-electron chi connectivity index (χ0n) is 13.6. The Balaban J connectivity index is 1.44. The number of aryl methyl sites for hydroxylation is 1. The first-order chi connectivity index (χ1) is 11.8. The number of Topliss-reactive ketones (excluding diaryl/α,β-unsaturated/α-hetero) is 1. The molecular formula is C21H21NO2. The van der Waals surface area contributed by atoms with Gasteiger partial charge >= 0.3 is 0 Å². The second kappa shape index (κ2) is 7.73. The van der Waals surface area contributed by atoms with Crippen molar-refractivity contribution >= 4 is 11.6 Å². The van der Waals surface area contributed by atoms with E-state index in [0.29, 0.717) is 23.4 Å². The molecule has 3 heteroatoms. The minimum Gasteiger partial charge on any atom is -0.382 e. The lowest BCUT2D eigenvalue weighted by Crippen LogP contribution is -2.27. The molecule has 0 unspecified atom stereocenters. The number of hydrogen-bond acceptors (Lipinski definition) is 3. The van der Waals surface area contributed by atoms with Gasteiger partial charge in [0.2, 0.25) is 5.78 Å². The lowest BCUT2D eigenvalue weighted by molar-refractivity contribution is 0.0978. The number of fused-ring (bicyclic) bond motifs is 1. The average Bonchev–Trinajstić information content (AvgIpc) is 2.63. The normalized spacial score (nSPS) is 13.4. The zero-order chi connectivity index (χ0) is 16.8. The number of nitrogens with one attached hydrogen (secondary N) is 1. The summed E-state index contributed by atoms with van der Waals surface area (Å²) in [6.07, 6.45) is 5.70. The molecule has 0 atom stereocenters. The van der Waals surface area contributed by atoms with Crippen molar-refractivity contribution in [1.29, 1.82) is 0 Å². The first-order valence-corrected chi connectivity index (χ1v) is 8.43. The van der Waals surface area contributed by atoms with Gasteiger partial charge in [0.25, 0.3) is 0 Å². The third-order valence-electron chi connectivity index (χ3n) is 4.26. The number of ketones is 2. The molecule has 1 aliphatic carbocycles. The van der Waals surface area contributed by atoms with Gasteiger partial charge in [0.15, 0.2) is 5.78 Å². The number of unbranched alkanes of at least 4 members (excludes halogenated alkanes) is 2. The third kappa shape index (κ3) is 3.80. The van der Waals surface area contributed by atoms with Crippen molar-refractivity contribution in [3.63, 3.8) is 0 Å². The van der Waals surface area contributed by atoms with Crippen LogP contribution in [0.2, 0.25) is 0 Å². The summed E-state index contributed by atoms with van der Waals surface area (Å²) < 4.78 is 0. The number of carbonyl (C=O) groups is 2. The molecule has 1 aliphatic rings. The van der Waals surface area contributed by atoms with E-state index in [-0.39, 0.29) is 11.6 Å². The summed E-state index contributed by atoms with van der Waals surface area (Å²) in [5, 5.41) is 3.13. The van der Waals surface area contributed by atoms with Gasteiger partial charge in [0.05, 0.1) is 5.70 Å². The van der Waals surface area contributed by atoms with E-state index in [9.17, 15) is 9.59 Å². The highest BCUT2D eigenvalue weighted by molar-refractivity contribution is 6.24. The van der Waals surface area contributed by atoms with Crippen LogP contribution in [0.4, 0.5) is 0 Å². The van der Waals surface area contributed by atoms with Gasteiger partial charge in [-0.15, -0.1) is 0 Å². The van der Waals surface area contributed by atoms with Gasteiger partial charge < -0.3 is 5.32 Å². The molecular weight excluding hydrogens is 298 g/mol. The second-order valence-electron chi connectivity index (χ2n) is 6.02. The van der Waals surface area contributed by atoms with Gasteiger partial charge in [-0.05, 0) is 24.8 Å². The summed E-state index contributed by atoms with van der Waals surface area (Å²) in [5.41, 5.74) is 2.77. The lowest BCUT2D eigenvalue weighted by Gasteiger charge is -2.16. The van der Waals surface area contributed by atoms with Gasteiger partial charge in [-0.25, -0.2) is 0 Å². The summed E-state index contributed by atoms with van der Waals surface area (Å²) in [5.74, 6) is -0.189. The van der Waals surface area contributed by atoms with Crippen molar-refractivity contribution in [2.75, 3.05) is 6.54 Å². The number of hydrogen-bond donors (Lipinski definition) is 1. The molecule has 2 aromatic carbocycles. The molecule has 0 aliphatic heterocycles. The molecule has 0 heterocycles. The molecule has 0 amide bonds. The molecule has 3 rings (SSSR count). The fourth-order valence-corrected chi connectivity index (χ4v) is 2.95. The Labute approximate surface area is 142 Å². The van der Waals surface area contributed by atoms with Gasteiger partial charge in [-0.3, -0.25) is 9.59 Å². The van der Waals surface area contributed by atoms with Crippen molar-refractivity contribution in [2.45, 2.75) is 25.7 Å². The Morgan fingerprint density at radius 3 is 2.25 bits per heavy atom. The molecule has 0 aromatic heterocycles. The van der Waals surface area contributed by atoms with E-state index in [1.807, 2.05) is 6.07 Å². The van der Waals surface area contributed by atoms with Gasteiger partial charge in [0.1, 0.15) is 0 Å². The van der Waals surface area contributed by atoms with Crippen molar-refractivity contribution < 1.29 is 9.59 Å². The van der Waals surface area contributed by atoms with Crippen molar-refractivity contribution in [3.05, 3.63) is 83.1 Å². The zero-order valence-corrected chi connectivity index (χ0v) is 13.6. The molecule has 0 fully saturated rings. The Bertz CT molecular complexity index is 762. The fourth-order valence-electron chi connectivity index (χ4n) is 2.95. The van der Waals surface area contributed by atoms with Crippen LogP contribution in [0.5, 0.6) is 0 Å². The lowest BCUT2D eigenvalue weighted by atomic mass is 9.93. The largest absolute Gasteiger partial charge is 0.382 e. The van der Waals surface area contributed by atoms with Crippen LogP contribution in [-0.4, -0.2) is 18.1 Å². The highest BCUT2D eigenvalue weighted by Crippen LogP contribution is 2.19. The van der Waals surface area contributed by atoms with E-state index in [1.54, 1.807) is 24.3 Å². The van der Waals surface area contributed by atoms with Crippen molar-refractivity contribution in [1.82, 2.24) is 5.32 Å². The van der Waals surface area contributed by atoms with Crippen LogP contribution < -0.4 is 5.32 Å². The van der Waals surface area contributed by atoms with Crippen LogP contribution in [0, 0.1) is 0 Å². The maximum atomic E-state index is 12.4. The molecule has 122 valence electrons. The van der Waals surface area contributed by atoms with Crippen LogP contribution in [-0.2, 0) is 6.42 Å². The molecule has 1 N–H and O–H groups in total. The van der Waals surface area contributed by atoms with E-state index >= 15 is 0 Å². The van der Waals surface area contributed by atoms with Crippen molar-refractivity contribution in [2.24, 2.45) is 0 Å². The third-order valence-corrected chi connectivity index (χ3v) is 4.26. The van der Waals surface area contributed by atoms with Crippen LogP contribution in [0.25, 0.3) is 0 Å². The smallest absolute Gasteiger partial charge is 0.209 e. The second-order valence-corrected chi connectivity index (χ2v) is 6.02. The van der Waals surface area contributed by atoms with Crippen molar-refractivity contribution in [3.8, 4) is 0 Å². The summed E-state index contributed by atoms with van der Waals surface area (Å²) in [6, 6.07) is 17.4. The topological polar surface area (TPSA) is 46.2 Å². The van der Waals surface area contributed by atoms with Crippen LogP contribution in [0.15, 0.2) is 66.4 Å². The van der Waals surface area contributed by atoms with E-state index in [0.717, 1.165) is 25.7 Å². The summed E-state index contributed by atoms with van der Waals surface area (Å²) in [6.45, 7) is 0.710. The predicted molar refractivity (Wildman–Crippen MR) is 95.2 cm³/mol. The maximum absolute atomic E-state index is 12.4. The fraction of sp³-hybridized carbons (Fsp3) is 0.238. The van der Waals surface area contributed by atoms with Crippen LogP contribution in [0.3, 0.4) is 0 Å². The highest BCUT2D eigenvalue weighted by atomic mass is 16.1. The quantitative estimate of drug-likeness (QED) is 0.786. The molecule has 24 heavy (non-hydrogen) atoms. The molecule has 3 nitrogen and oxygen atoms in total. The van der Waals surface area contributed by atoms with E-state index in [2.05, 4.69) is 29.6 Å². The molecule has 0 radical (unpaired) electrons. The molecule has 2 aromatic rings. The Kier molecular flexibility index (Phi) is 5.22. The highest BCUT2D eigenvalue weighted by Gasteiger charge is 2.24. The Morgan fingerprint density at radius 1 is 0.750 bits per heavy atom. The molecule has 0 spiro atoms. The first kappa shape index (κ1) is 16.2. The van der Waals surface area contributed by atoms with Crippen LogP contribution >= 0.6 is 0 Å². The summed E-state index contributed by atoms with van der Waals surface area (Å²) in [4.78, 5) is 24.4.